The zero-order valence-corrected chi connectivity index (χ0v) is 23.1. The predicted molar refractivity (Wildman–Crippen MR) is 150 cm³/mol. The molecule has 4 rings (SSSR count). The molecule has 0 radical (unpaired) electrons. The number of aryl methyl sites for hydroxylation is 1. The molecule has 0 aliphatic rings. The number of para-hydroxylation sites is 1. The fraction of sp³-hybridized carbons (Fsp3) is 0.154. The first-order chi connectivity index (χ1) is 17.4. The summed E-state index contributed by atoms with van der Waals surface area (Å²) in [6, 6.07) is 17.9. The fourth-order valence-corrected chi connectivity index (χ4v) is 4.82. The van der Waals surface area contributed by atoms with Crippen LogP contribution in [0.5, 0.6) is 5.75 Å². The molecule has 36 heavy (non-hydrogen) atoms. The molecule has 1 amide bonds. The maximum atomic E-state index is 13.2. The van der Waals surface area contributed by atoms with Crippen molar-refractivity contribution in [3.63, 3.8) is 0 Å². The number of halogens is 3. The molecule has 1 heterocycles. The Morgan fingerprint density at radius 2 is 1.94 bits per heavy atom. The molecule has 0 bridgehead atoms. The zero-order chi connectivity index (χ0) is 25.7. The molecule has 0 aliphatic heterocycles. The summed E-state index contributed by atoms with van der Waals surface area (Å²) >= 11 is 13.3. The van der Waals surface area contributed by atoms with Gasteiger partial charge in [0.2, 0.25) is 0 Å². The normalized spacial score (nSPS) is 11.2. The summed E-state index contributed by atoms with van der Waals surface area (Å²) in [6.45, 7) is 1.80. The number of ether oxygens (including phenoxy) is 1. The quantitative estimate of drug-likeness (QED) is 0.227. The van der Waals surface area contributed by atoms with E-state index in [-0.39, 0.29) is 18.1 Å². The zero-order valence-electron chi connectivity index (χ0n) is 19.2. The third-order valence-corrected chi connectivity index (χ3v) is 6.46. The molecule has 184 valence electrons. The van der Waals surface area contributed by atoms with Crippen LogP contribution in [0.2, 0.25) is 5.02 Å². The minimum absolute atomic E-state index is 0.214. The summed E-state index contributed by atoms with van der Waals surface area (Å²) in [5.41, 5.74) is 1.69. The van der Waals surface area contributed by atoms with Crippen molar-refractivity contribution in [1.82, 2.24) is 9.66 Å². The van der Waals surface area contributed by atoms with Crippen LogP contribution in [0.4, 0.5) is 5.69 Å². The van der Waals surface area contributed by atoms with Gasteiger partial charge >= 0.3 is 0 Å². The van der Waals surface area contributed by atoms with E-state index in [1.165, 1.54) is 10.9 Å². The number of carbonyl (C=O) groups is 1. The fourth-order valence-electron chi connectivity index (χ4n) is 3.47. The van der Waals surface area contributed by atoms with E-state index < -0.39 is 0 Å². The first-order valence-corrected chi connectivity index (χ1v) is 13.0. The number of nitrogens with zero attached hydrogens (tertiary/aromatic N) is 3. The number of rotatable bonds is 8. The van der Waals surface area contributed by atoms with Gasteiger partial charge in [-0.15, -0.1) is 0 Å². The van der Waals surface area contributed by atoms with Gasteiger partial charge in [-0.3, -0.25) is 9.59 Å². The summed E-state index contributed by atoms with van der Waals surface area (Å²) in [6.07, 6.45) is 2.95. The van der Waals surface area contributed by atoms with Crippen LogP contribution in [0, 0.1) is 0 Å². The molecule has 0 unspecified atom stereocenters. The molecule has 0 atom stereocenters. The van der Waals surface area contributed by atoms with Gasteiger partial charge in [0, 0.05) is 16.6 Å². The molecular formula is C26H21Br2ClN4O3. The second-order valence-electron chi connectivity index (χ2n) is 7.82. The smallest absolute Gasteiger partial charge is 0.282 e. The second kappa shape index (κ2) is 11.8. The summed E-state index contributed by atoms with van der Waals surface area (Å²) in [5, 5.41) is 7.94. The first-order valence-electron chi connectivity index (χ1n) is 11.1. The van der Waals surface area contributed by atoms with Crippen LogP contribution >= 0.6 is 43.5 Å². The van der Waals surface area contributed by atoms with E-state index in [0.29, 0.717) is 49.6 Å². The number of hydrogen-bond acceptors (Lipinski definition) is 5. The van der Waals surface area contributed by atoms with Gasteiger partial charge in [-0.2, -0.15) is 9.78 Å². The van der Waals surface area contributed by atoms with Crippen LogP contribution in [0.3, 0.4) is 0 Å². The standard InChI is InChI=1S/C26H21Br2ClN4O3/c1-2-6-23-32-22-10-9-17(27)13-19(22)26(35)33(23)30-14-16-11-20(28)25(21(29)12-16)36-15-24(34)31-18-7-4-3-5-8-18/h3-5,7-14H,2,6,15H2,1H3,(H,31,34). The summed E-state index contributed by atoms with van der Waals surface area (Å²) < 4.78 is 8.30. The molecule has 7 nitrogen and oxygen atoms in total. The highest BCUT2D eigenvalue weighted by Gasteiger charge is 2.13. The Morgan fingerprint density at radius 3 is 2.67 bits per heavy atom. The lowest BCUT2D eigenvalue weighted by atomic mass is 10.2. The summed E-state index contributed by atoms with van der Waals surface area (Å²) in [4.78, 5) is 30.0. The van der Waals surface area contributed by atoms with Gasteiger partial charge in [-0.25, -0.2) is 4.98 Å². The van der Waals surface area contributed by atoms with Crippen molar-refractivity contribution in [3.8, 4) is 5.75 Å². The first kappa shape index (κ1) is 26.1. The minimum Gasteiger partial charge on any atom is -0.481 e. The Kier molecular flexibility index (Phi) is 8.56. The van der Waals surface area contributed by atoms with Crippen LogP contribution < -0.4 is 15.6 Å². The lowest BCUT2D eigenvalue weighted by Gasteiger charge is -2.12. The minimum atomic E-state index is -0.312. The van der Waals surface area contributed by atoms with Gasteiger partial charge in [-0.1, -0.05) is 52.7 Å². The molecule has 0 aliphatic carbocycles. The topological polar surface area (TPSA) is 85.6 Å². The Hall–Kier alpha value is -3.01. The maximum absolute atomic E-state index is 13.2. The van der Waals surface area contributed by atoms with Crippen LogP contribution in [-0.4, -0.2) is 28.4 Å². The molecule has 10 heteroatoms. The van der Waals surface area contributed by atoms with E-state index in [4.69, 9.17) is 16.3 Å². The van der Waals surface area contributed by atoms with E-state index in [2.05, 4.69) is 47.3 Å². The van der Waals surface area contributed by atoms with Crippen LogP contribution in [0.25, 0.3) is 10.9 Å². The van der Waals surface area contributed by atoms with E-state index in [9.17, 15) is 9.59 Å². The molecular weight excluding hydrogens is 612 g/mol. The van der Waals surface area contributed by atoms with Crippen molar-refractivity contribution in [3.05, 3.63) is 96.4 Å². The summed E-state index contributed by atoms with van der Waals surface area (Å²) in [5.74, 6) is 0.592. The maximum Gasteiger partial charge on any atom is 0.282 e. The van der Waals surface area contributed by atoms with Crippen molar-refractivity contribution in [2.24, 2.45) is 5.10 Å². The highest BCUT2D eigenvalue weighted by atomic mass is 79.9. The predicted octanol–water partition coefficient (Wildman–Crippen LogP) is 6.43. The SMILES string of the molecule is CCCc1nc2ccc(Br)cc2c(=O)n1N=Cc1cc(Cl)c(OCC(=O)Nc2ccccc2)c(Br)c1. The van der Waals surface area contributed by atoms with Gasteiger partial charge in [0.15, 0.2) is 12.4 Å². The van der Waals surface area contributed by atoms with Crippen LogP contribution in [-0.2, 0) is 11.2 Å². The number of benzene rings is 3. The van der Waals surface area contributed by atoms with Crippen LogP contribution in [0.15, 0.2) is 79.5 Å². The van der Waals surface area contributed by atoms with Gasteiger partial charge in [0.25, 0.3) is 11.5 Å². The third kappa shape index (κ3) is 6.21. The number of amides is 1. The Labute approximate surface area is 229 Å². The van der Waals surface area contributed by atoms with Crippen molar-refractivity contribution >= 4 is 72.2 Å². The third-order valence-electron chi connectivity index (χ3n) is 5.10. The average molecular weight is 633 g/mol. The number of aromatic nitrogens is 2. The van der Waals surface area contributed by atoms with Crippen LogP contribution in [0.1, 0.15) is 24.7 Å². The van der Waals surface area contributed by atoms with E-state index in [1.807, 2.05) is 37.3 Å². The molecule has 0 fully saturated rings. The molecule has 0 spiro atoms. The number of hydrogen-bond donors (Lipinski definition) is 1. The van der Waals surface area contributed by atoms with E-state index >= 15 is 0 Å². The molecule has 0 saturated heterocycles. The largest absolute Gasteiger partial charge is 0.481 e. The Bertz CT molecular complexity index is 1480. The van der Waals surface area contributed by atoms with E-state index in [0.717, 1.165) is 10.9 Å². The van der Waals surface area contributed by atoms with Gasteiger partial charge in [0.1, 0.15) is 5.82 Å². The highest BCUT2D eigenvalue weighted by molar-refractivity contribution is 9.10. The van der Waals surface area contributed by atoms with E-state index in [1.54, 1.807) is 30.3 Å². The molecule has 3 aromatic carbocycles. The molecule has 1 aromatic heterocycles. The molecule has 1 N–H and O–H groups in total. The second-order valence-corrected chi connectivity index (χ2v) is 9.99. The van der Waals surface area contributed by atoms with Gasteiger partial charge < -0.3 is 10.1 Å². The Morgan fingerprint density at radius 1 is 1.17 bits per heavy atom. The average Bonchev–Trinajstić information content (AvgIpc) is 2.84. The summed E-state index contributed by atoms with van der Waals surface area (Å²) in [7, 11) is 0. The number of carbonyl (C=O) groups excluding carboxylic acids is 1. The van der Waals surface area contributed by atoms with Gasteiger partial charge in [0.05, 0.1) is 26.6 Å². The van der Waals surface area contributed by atoms with Gasteiger partial charge in [-0.05, 0) is 70.4 Å². The molecule has 0 saturated carbocycles. The van der Waals surface area contributed by atoms with Crippen molar-refractivity contribution in [2.75, 3.05) is 11.9 Å². The lowest BCUT2D eigenvalue weighted by molar-refractivity contribution is -0.118. The monoisotopic (exact) mass is 630 g/mol. The van der Waals surface area contributed by atoms with Crippen molar-refractivity contribution in [1.29, 1.82) is 0 Å². The number of fused-ring (bicyclic) bond motifs is 1. The Balaban J connectivity index is 1.56. The van der Waals surface area contributed by atoms with Crippen molar-refractivity contribution in [2.45, 2.75) is 19.8 Å². The highest BCUT2D eigenvalue weighted by Crippen LogP contribution is 2.34. The molecule has 4 aromatic rings. The van der Waals surface area contributed by atoms with Crippen molar-refractivity contribution < 1.29 is 9.53 Å². The number of nitrogens with one attached hydrogen (secondary N) is 1. The lowest BCUT2D eigenvalue weighted by Crippen LogP contribution is -2.22. The number of anilines is 1.